The summed E-state index contributed by atoms with van der Waals surface area (Å²) < 4.78 is 5.74. The third kappa shape index (κ3) is 2.91. The maximum Gasteiger partial charge on any atom is 0.122 e. The van der Waals surface area contributed by atoms with Crippen molar-refractivity contribution in [1.29, 1.82) is 0 Å². The topological polar surface area (TPSA) is 32.7 Å². The van der Waals surface area contributed by atoms with Crippen LogP contribution in [0.2, 0.25) is 0 Å². The molecule has 1 N–H and O–H groups in total. The van der Waals surface area contributed by atoms with E-state index >= 15 is 0 Å². The van der Waals surface area contributed by atoms with Gasteiger partial charge in [0.1, 0.15) is 11.5 Å². The predicted octanol–water partition coefficient (Wildman–Crippen LogP) is 2.29. The first-order valence-corrected chi connectivity index (χ1v) is 6.40. The van der Waals surface area contributed by atoms with E-state index in [9.17, 15) is 5.11 Å². The first kappa shape index (κ1) is 12.2. The number of rotatable bonds is 4. The number of fused-ring (bicyclic) bond motifs is 1. The summed E-state index contributed by atoms with van der Waals surface area (Å²) in [4.78, 5) is 2.42. The molecule has 3 heteroatoms. The van der Waals surface area contributed by atoms with Gasteiger partial charge in [0.15, 0.2) is 0 Å². The fourth-order valence-corrected chi connectivity index (χ4v) is 2.41. The molecular weight excluding hydrogens is 214 g/mol. The molecule has 1 unspecified atom stereocenters. The standard InChI is InChI=1S/C14H21NO2/c1-3-15(4-2)9-11-7-12-8-13(16)5-6-14(12)17-10-11/h5-6,8,11,16H,3-4,7,9-10H2,1-2H3. The Bertz CT molecular complexity index is 374. The van der Waals surface area contributed by atoms with Gasteiger partial charge in [0.25, 0.3) is 0 Å². The van der Waals surface area contributed by atoms with Crippen LogP contribution in [0.1, 0.15) is 19.4 Å². The summed E-state index contributed by atoms with van der Waals surface area (Å²) in [6, 6.07) is 5.37. The third-order valence-corrected chi connectivity index (χ3v) is 3.44. The van der Waals surface area contributed by atoms with Crippen LogP contribution in [0.15, 0.2) is 18.2 Å². The lowest BCUT2D eigenvalue weighted by atomic mass is 9.96. The average molecular weight is 235 g/mol. The molecule has 1 heterocycles. The van der Waals surface area contributed by atoms with Crippen molar-refractivity contribution in [2.24, 2.45) is 5.92 Å². The Balaban J connectivity index is 2.02. The molecule has 1 aromatic carbocycles. The highest BCUT2D eigenvalue weighted by molar-refractivity contribution is 5.41. The van der Waals surface area contributed by atoms with Gasteiger partial charge in [-0.15, -0.1) is 0 Å². The molecule has 0 radical (unpaired) electrons. The monoisotopic (exact) mass is 235 g/mol. The van der Waals surface area contributed by atoms with E-state index in [1.807, 2.05) is 12.1 Å². The van der Waals surface area contributed by atoms with Crippen LogP contribution in [0.3, 0.4) is 0 Å². The second-order valence-corrected chi connectivity index (χ2v) is 4.66. The maximum atomic E-state index is 9.48. The SMILES string of the molecule is CCN(CC)CC1COc2ccc(O)cc2C1. The Morgan fingerprint density at radius 3 is 2.82 bits per heavy atom. The molecule has 1 aliphatic heterocycles. The third-order valence-electron chi connectivity index (χ3n) is 3.44. The van der Waals surface area contributed by atoms with Crippen LogP contribution in [0, 0.1) is 5.92 Å². The smallest absolute Gasteiger partial charge is 0.122 e. The molecule has 94 valence electrons. The molecule has 3 nitrogen and oxygen atoms in total. The zero-order valence-corrected chi connectivity index (χ0v) is 10.6. The lowest BCUT2D eigenvalue weighted by molar-refractivity contribution is 0.167. The van der Waals surface area contributed by atoms with Crippen molar-refractivity contribution >= 4 is 0 Å². The van der Waals surface area contributed by atoms with E-state index in [2.05, 4.69) is 18.7 Å². The van der Waals surface area contributed by atoms with Gasteiger partial charge < -0.3 is 14.7 Å². The van der Waals surface area contributed by atoms with E-state index in [-0.39, 0.29) is 0 Å². The quantitative estimate of drug-likeness (QED) is 0.869. The number of phenols is 1. The van der Waals surface area contributed by atoms with Crippen LogP contribution in [0.5, 0.6) is 11.5 Å². The minimum absolute atomic E-state index is 0.329. The van der Waals surface area contributed by atoms with Crippen molar-refractivity contribution in [3.63, 3.8) is 0 Å². The number of hydrogen-bond acceptors (Lipinski definition) is 3. The van der Waals surface area contributed by atoms with Crippen LogP contribution in [0.25, 0.3) is 0 Å². The summed E-state index contributed by atoms with van der Waals surface area (Å²) in [5.41, 5.74) is 1.13. The summed E-state index contributed by atoms with van der Waals surface area (Å²) in [6.45, 7) is 8.40. The Labute approximate surface area is 103 Å². The Morgan fingerprint density at radius 1 is 1.35 bits per heavy atom. The van der Waals surface area contributed by atoms with Crippen LogP contribution in [-0.2, 0) is 6.42 Å². The molecular formula is C14H21NO2. The van der Waals surface area contributed by atoms with Crippen LogP contribution in [0.4, 0.5) is 0 Å². The lowest BCUT2D eigenvalue weighted by Crippen LogP contribution is -2.34. The molecule has 0 aliphatic carbocycles. The molecule has 17 heavy (non-hydrogen) atoms. The first-order chi connectivity index (χ1) is 8.22. The van der Waals surface area contributed by atoms with Gasteiger partial charge in [0.05, 0.1) is 6.61 Å². The van der Waals surface area contributed by atoms with Gasteiger partial charge in [-0.05, 0) is 43.3 Å². The second kappa shape index (κ2) is 5.41. The molecule has 0 spiro atoms. The van der Waals surface area contributed by atoms with Gasteiger partial charge in [-0.1, -0.05) is 13.8 Å². The Kier molecular flexibility index (Phi) is 3.89. The lowest BCUT2D eigenvalue weighted by Gasteiger charge is -2.29. The summed E-state index contributed by atoms with van der Waals surface area (Å²) >= 11 is 0. The summed E-state index contributed by atoms with van der Waals surface area (Å²) in [5, 5.41) is 9.48. The molecule has 1 aromatic rings. The first-order valence-electron chi connectivity index (χ1n) is 6.40. The number of ether oxygens (including phenoxy) is 1. The highest BCUT2D eigenvalue weighted by Gasteiger charge is 2.21. The Hall–Kier alpha value is -1.22. The summed E-state index contributed by atoms with van der Waals surface area (Å²) in [6.07, 6.45) is 1.00. The van der Waals surface area contributed by atoms with Crippen molar-refractivity contribution in [3.8, 4) is 11.5 Å². The molecule has 0 saturated carbocycles. The van der Waals surface area contributed by atoms with Crippen molar-refractivity contribution in [2.45, 2.75) is 20.3 Å². The number of hydrogen-bond donors (Lipinski definition) is 1. The fraction of sp³-hybridized carbons (Fsp3) is 0.571. The van der Waals surface area contributed by atoms with E-state index in [4.69, 9.17) is 4.74 Å². The largest absolute Gasteiger partial charge is 0.508 e. The van der Waals surface area contributed by atoms with Crippen molar-refractivity contribution in [2.75, 3.05) is 26.2 Å². The molecule has 2 rings (SSSR count). The van der Waals surface area contributed by atoms with Crippen LogP contribution in [-0.4, -0.2) is 36.2 Å². The van der Waals surface area contributed by atoms with Crippen LogP contribution >= 0.6 is 0 Å². The minimum Gasteiger partial charge on any atom is -0.508 e. The molecule has 1 aliphatic rings. The molecule has 0 fully saturated rings. The maximum absolute atomic E-state index is 9.48. The molecule has 0 aromatic heterocycles. The summed E-state index contributed by atoms with van der Waals surface area (Å²) in [7, 11) is 0. The van der Waals surface area contributed by atoms with Gasteiger partial charge in [0, 0.05) is 12.5 Å². The number of phenolic OH excluding ortho intramolecular Hbond substituents is 1. The second-order valence-electron chi connectivity index (χ2n) is 4.66. The number of benzene rings is 1. The minimum atomic E-state index is 0.329. The zero-order valence-electron chi connectivity index (χ0n) is 10.6. The highest BCUT2D eigenvalue weighted by Crippen LogP contribution is 2.30. The highest BCUT2D eigenvalue weighted by atomic mass is 16.5. The molecule has 0 saturated heterocycles. The van der Waals surface area contributed by atoms with E-state index in [0.717, 1.165) is 44.0 Å². The van der Waals surface area contributed by atoms with Gasteiger partial charge in [-0.25, -0.2) is 0 Å². The van der Waals surface area contributed by atoms with Gasteiger partial charge in [0.2, 0.25) is 0 Å². The van der Waals surface area contributed by atoms with E-state index < -0.39 is 0 Å². The van der Waals surface area contributed by atoms with Gasteiger partial charge >= 0.3 is 0 Å². The van der Waals surface area contributed by atoms with E-state index in [1.165, 1.54) is 0 Å². The molecule has 1 atom stereocenters. The van der Waals surface area contributed by atoms with Gasteiger partial charge in [-0.3, -0.25) is 0 Å². The number of aromatic hydroxyl groups is 1. The Morgan fingerprint density at radius 2 is 2.12 bits per heavy atom. The normalized spacial score (nSPS) is 18.9. The van der Waals surface area contributed by atoms with Crippen molar-refractivity contribution < 1.29 is 9.84 Å². The van der Waals surface area contributed by atoms with Gasteiger partial charge in [-0.2, -0.15) is 0 Å². The van der Waals surface area contributed by atoms with Crippen molar-refractivity contribution in [3.05, 3.63) is 23.8 Å². The van der Waals surface area contributed by atoms with E-state index in [1.54, 1.807) is 6.07 Å². The predicted molar refractivity (Wildman–Crippen MR) is 68.6 cm³/mol. The summed E-state index contributed by atoms with van der Waals surface area (Å²) in [5.74, 6) is 1.79. The van der Waals surface area contributed by atoms with Crippen LogP contribution < -0.4 is 4.74 Å². The van der Waals surface area contributed by atoms with Crippen molar-refractivity contribution in [1.82, 2.24) is 4.90 Å². The molecule has 0 bridgehead atoms. The molecule has 0 amide bonds. The van der Waals surface area contributed by atoms with E-state index in [0.29, 0.717) is 11.7 Å². The fourth-order valence-electron chi connectivity index (χ4n) is 2.41. The average Bonchev–Trinajstić information content (AvgIpc) is 2.35. The zero-order chi connectivity index (χ0) is 12.3. The number of nitrogens with zero attached hydrogens (tertiary/aromatic N) is 1.